The molecular weight excluding hydrogens is 356 g/mol. The summed E-state index contributed by atoms with van der Waals surface area (Å²) in [7, 11) is 0. The molecule has 3 aromatic rings. The van der Waals surface area contributed by atoms with Gasteiger partial charge in [-0.25, -0.2) is 0 Å². The number of nitrogens with one attached hydrogen (secondary N) is 1. The van der Waals surface area contributed by atoms with Gasteiger partial charge < -0.3 is 5.32 Å². The lowest BCUT2D eigenvalue weighted by molar-refractivity contribution is -0.113. The van der Waals surface area contributed by atoms with Crippen LogP contribution in [0.2, 0.25) is 0 Å². The molecular formula is C21H24N4OS. The third-order valence-electron chi connectivity index (χ3n) is 4.38. The topological polar surface area (TPSA) is 59.8 Å². The predicted octanol–water partition coefficient (Wildman–Crippen LogP) is 4.43. The molecule has 0 saturated carbocycles. The monoisotopic (exact) mass is 380 g/mol. The molecule has 1 aromatic heterocycles. The maximum absolute atomic E-state index is 12.3. The second kappa shape index (κ2) is 8.86. The number of carbonyl (C=O) groups excluding carboxylic acids is 1. The number of thioether (sulfide) groups is 1. The normalized spacial score (nSPS) is 10.8. The number of amides is 1. The zero-order valence-corrected chi connectivity index (χ0v) is 16.7. The molecule has 27 heavy (non-hydrogen) atoms. The number of aryl methyl sites for hydroxylation is 3. The van der Waals surface area contributed by atoms with Crippen molar-refractivity contribution in [3.05, 3.63) is 65.5 Å². The maximum Gasteiger partial charge on any atom is 0.234 e. The van der Waals surface area contributed by atoms with E-state index in [-0.39, 0.29) is 11.7 Å². The highest BCUT2D eigenvalue weighted by Gasteiger charge is 2.13. The van der Waals surface area contributed by atoms with Gasteiger partial charge in [-0.05, 0) is 55.2 Å². The molecule has 0 atom stereocenters. The number of carbonyl (C=O) groups is 1. The number of aromatic nitrogens is 3. The fraction of sp³-hybridized carbons (Fsp3) is 0.286. The van der Waals surface area contributed by atoms with E-state index in [1.54, 1.807) is 0 Å². The Kier molecular flexibility index (Phi) is 6.29. The first kappa shape index (κ1) is 19.2. The van der Waals surface area contributed by atoms with Crippen molar-refractivity contribution >= 4 is 23.4 Å². The highest BCUT2D eigenvalue weighted by atomic mass is 32.2. The molecule has 0 bridgehead atoms. The van der Waals surface area contributed by atoms with Gasteiger partial charge in [0.15, 0.2) is 5.16 Å². The van der Waals surface area contributed by atoms with E-state index in [1.807, 2.05) is 35.8 Å². The van der Waals surface area contributed by atoms with Gasteiger partial charge >= 0.3 is 0 Å². The molecule has 1 heterocycles. The van der Waals surface area contributed by atoms with Crippen LogP contribution in [0, 0.1) is 6.92 Å². The van der Waals surface area contributed by atoms with Crippen LogP contribution in [0.4, 0.5) is 5.69 Å². The minimum absolute atomic E-state index is 0.0576. The number of hydrogen-bond donors (Lipinski definition) is 1. The largest absolute Gasteiger partial charge is 0.325 e. The van der Waals surface area contributed by atoms with Gasteiger partial charge in [-0.2, -0.15) is 0 Å². The minimum atomic E-state index is -0.0576. The second-order valence-corrected chi connectivity index (χ2v) is 7.22. The first-order valence-electron chi connectivity index (χ1n) is 9.13. The fourth-order valence-corrected chi connectivity index (χ4v) is 3.56. The Bertz CT molecular complexity index is 901. The number of anilines is 1. The van der Waals surface area contributed by atoms with Gasteiger partial charge in [-0.15, -0.1) is 10.2 Å². The molecule has 0 aliphatic heterocycles. The quantitative estimate of drug-likeness (QED) is 0.616. The Hall–Kier alpha value is -2.60. The van der Waals surface area contributed by atoms with Crippen molar-refractivity contribution in [1.29, 1.82) is 0 Å². The number of benzene rings is 2. The summed E-state index contributed by atoms with van der Waals surface area (Å²) in [6.07, 6.45) is 1.99. The van der Waals surface area contributed by atoms with Gasteiger partial charge in [-0.1, -0.05) is 49.9 Å². The zero-order valence-electron chi connectivity index (χ0n) is 15.9. The Morgan fingerprint density at radius 1 is 0.963 bits per heavy atom. The van der Waals surface area contributed by atoms with Crippen LogP contribution in [0.25, 0.3) is 5.69 Å². The molecule has 140 valence electrons. The first-order valence-corrected chi connectivity index (χ1v) is 10.1. The number of rotatable bonds is 7. The van der Waals surface area contributed by atoms with Gasteiger partial charge in [0.25, 0.3) is 0 Å². The second-order valence-electron chi connectivity index (χ2n) is 6.27. The van der Waals surface area contributed by atoms with Crippen LogP contribution < -0.4 is 5.32 Å². The van der Waals surface area contributed by atoms with Crippen LogP contribution in [0.3, 0.4) is 0 Å². The predicted molar refractivity (Wildman–Crippen MR) is 111 cm³/mol. The van der Waals surface area contributed by atoms with Gasteiger partial charge in [0, 0.05) is 11.4 Å². The fourth-order valence-electron chi connectivity index (χ4n) is 2.77. The lowest BCUT2D eigenvalue weighted by Crippen LogP contribution is -2.14. The summed E-state index contributed by atoms with van der Waals surface area (Å²) >= 11 is 1.38. The number of nitrogens with zero attached hydrogens (tertiary/aromatic N) is 3. The van der Waals surface area contributed by atoms with Gasteiger partial charge in [0.05, 0.1) is 5.75 Å². The molecule has 0 aliphatic rings. The van der Waals surface area contributed by atoms with E-state index in [4.69, 9.17) is 0 Å². The van der Waals surface area contributed by atoms with Crippen molar-refractivity contribution in [3.63, 3.8) is 0 Å². The van der Waals surface area contributed by atoms with Gasteiger partial charge in [0.1, 0.15) is 5.82 Å². The van der Waals surface area contributed by atoms with Crippen molar-refractivity contribution in [2.75, 3.05) is 11.1 Å². The van der Waals surface area contributed by atoms with Crippen molar-refractivity contribution in [2.45, 2.75) is 38.8 Å². The summed E-state index contributed by atoms with van der Waals surface area (Å²) in [4.78, 5) is 12.3. The minimum Gasteiger partial charge on any atom is -0.325 e. The van der Waals surface area contributed by atoms with Gasteiger partial charge in [0.2, 0.25) is 5.91 Å². The SMILES string of the molecule is CCc1ccc(NC(=O)CSc2nnc(C)n2-c2ccc(CC)cc2)cc1. The van der Waals surface area contributed by atoms with Crippen LogP contribution >= 0.6 is 11.8 Å². The van der Waals surface area contributed by atoms with Crippen molar-refractivity contribution in [3.8, 4) is 5.69 Å². The standard InChI is InChI=1S/C21H24N4OS/c1-4-16-6-10-18(11-7-16)22-20(26)14-27-21-24-23-15(3)25(21)19-12-8-17(5-2)9-13-19/h6-13H,4-5,14H2,1-3H3,(H,22,26). The van der Waals surface area contributed by atoms with Crippen molar-refractivity contribution < 1.29 is 4.79 Å². The molecule has 5 nitrogen and oxygen atoms in total. The average Bonchev–Trinajstić information content (AvgIpc) is 3.07. The molecule has 3 rings (SSSR count). The van der Waals surface area contributed by atoms with E-state index in [1.165, 1.54) is 22.9 Å². The summed E-state index contributed by atoms with van der Waals surface area (Å²) in [6.45, 7) is 6.16. The van der Waals surface area contributed by atoms with Crippen LogP contribution in [0.1, 0.15) is 30.8 Å². The molecule has 1 amide bonds. The molecule has 0 saturated heterocycles. The third-order valence-corrected chi connectivity index (χ3v) is 5.31. The highest BCUT2D eigenvalue weighted by molar-refractivity contribution is 7.99. The first-order chi connectivity index (χ1) is 13.1. The molecule has 0 radical (unpaired) electrons. The van der Waals surface area contributed by atoms with E-state index in [2.05, 4.69) is 53.6 Å². The summed E-state index contributed by atoms with van der Waals surface area (Å²) in [5.41, 5.74) is 4.35. The van der Waals surface area contributed by atoms with E-state index < -0.39 is 0 Å². The third kappa shape index (κ3) is 4.77. The van der Waals surface area contributed by atoms with E-state index >= 15 is 0 Å². The molecule has 2 aromatic carbocycles. The molecule has 6 heteroatoms. The maximum atomic E-state index is 12.3. The Morgan fingerprint density at radius 2 is 1.56 bits per heavy atom. The Balaban J connectivity index is 1.66. The molecule has 0 unspecified atom stereocenters. The smallest absolute Gasteiger partial charge is 0.234 e. The van der Waals surface area contributed by atoms with Crippen LogP contribution in [-0.4, -0.2) is 26.4 Å². The summed E-state index contributed by atoms with van der Waals surface area (Å²) in [5, 5.41) is 12.1. The highest BCUT2D eigenvalue weighted by Crippen LogP contribution is 2.22. The number of hydrogen-bond acceptors (Lipinski definition) is 4. The van der Waals surface area contributed by atoms with E-state index in [0.29, 0.717) is 5.16 Å². The zero-order chi connectivity index (χ0) is 19.2. The van der Waals surface area contributed by atoms with Crippen molar-refractivity contribution in [1.82, 2.24) is 14.8 Å². The Labute approximate surface area is 164 Å². The molecule has 0 spiro atoms. The molecule has 0 aliphatic carbocycles. The van der Waals surface area contributed by atoms with Crippen molar-refractivity contribution in [2.24, 2.45) is 0 Å². The lowest BCUT2D eigenvalue weighted by Gasteiger charge is -2.09. The summed E-state index contributed by atoms with van der Waals surface area (Å²) in [5.74, 6) is 1.02. The lowest BCUT2D eigenvalue weighted by atomic mass is 10.1. The van der Waals surface area contributed by atoms with E-state index in [9.17, 15) is 4.79 Å². The van der Waals surface area contributed by atoms with E-state index in [0.717, 1.165) is 30.0 Å². The molecule has 0 fully saturated rings. The van der Waals surface area contributed by atoms with Gasteiger partial charge in [-0.3, -0.25) is 9.36 Å². The Morgan fingerprint density at radius 3 is 2.15 bits per heavy atom. The van der Waals surface area contributed by atoms with Crippen LogP contribution in [-0.2, 0) is 17.6 Å². The summed E-state index contributed by atoms with van der Waals surface area (Å²) < 4.78 is 1.98. The van der Waals surface area contributed by atoms with Crippen LogP contribution in [0.5, 0.6) is 0 Å². The molecule has 1 N–H and O–H groups in total. The summed E-state index contributed by atoms with van der Waals surface area (Å²) in [6, 6.07) is 16.3. The average molecular weight is 381 g/mol. The van der Waals surface area contributed by atoms with Crippen LogP contribution in [0.15, 0.2) is 53.7 Å².